The number of hydrogen-bond donors (Lipinski definition) is 0. The van der Waals surface area contributed by atoms with Gasteiger partial charge in [0.05, 0.1) is 0 Å². The summed E-state index contributed by atoms with van der Waals surface area (Å²) in [5.74, 6) is -0.116. The zero-order valence-corrected chi connectivity index (χ0v) is 12.0. The van der Waals surface area contributed by atoms with Gasteiger partial charge in [0, 0.05) is 11.6 Å². The van der Waals surface area contributed by atoms with E-state index in [9.17, 15) is 4.79 Å². The monoisotopic (exact) mass is 259 g/mol. The topological polar surface area (TPSA) is 38.7 Å². The molecular formula is C16H21NO2. The van der Waals surface area contributed by atoms with Crippen molar-refractivity contribution in [2.45, 2.75) is 51.7 Å². The van der Waals surface area contributed by atoms with E-state index in [1.807, 2.05) is 45.9 Å². The van der Waals surface area contributed by atoms with Crippen LogP contribution < -0.4 is 0 Å². The van der Waals surface area contributed by atoms with Crippen LogP contribution in [0.25, 0.3) is 0 Å². The predicted molar refractivity (Wildman–Crippen MR) is 76.5 cm³/mol. The van der Waals surface area contributed by atoms with Crippen LogP contribution in [-0.2, 0) is 9.53 Å². The van der Waals surface area contributed by atoms with Crippen molar-refractivity contribution < 1.29 is 9.53 Å². The average Bonchev–Trinajstić information content (AvgIpc) is 2.70. The second-order valence-corrected chi connectivity index (χ2v) is 6.06. The van der Waals surface area contributed by atoms with Crippen molar-refractivity contribution in [1.82, 2.24) is 0 Å². The molecule has 0 spiro atoms. The summed E-state index contributed by atoms with van der Waals surface area (Å²) in [7, 11) is 0. The van der Waals surface area contributed by atoms with Crippen molar-refractivity contribution in [2.24, 2.45) is 4.99 Å². The van der Waals surface area contributed by atoms with Crippen molar-refractivity contribution in [2.75, 3.05) is 0 Å². The van der Waals surface area contributed by atoms with Crippen molar-refractivity contribution in [1.29, 1.82) is 0 Å². The van der Waals surface area contributed by atoms with Gasteiger partial charge in [-0.05, 0) is 39.7 Å². The van der Waals surface area contributed by atoms with E-state index in [2.05, 4.69) is 17.1 Å². The Morgan fingerprint density at radius 1 is 1.26 bits per heavy atom. The third-order valence-electron chi connectivity index (χ3n) is 3.13. The van der Waals surface area contributed by atoms with Gasteiger partial charge in [-0.15, -0.1) is 0 Å². The van der Waals surface area contributed by atoms with Gasteiger partial charge in [-0.25, -0.2) is 4.79 Å². The van der Waals surface area contributed by atoms with E-state index >= 15 is 0 Å². The molecule has 3 heteroatoms. The highest BCUT2D eigenvalue weighted by molar-refractivity contribution is 5.91. The van der Waals surface area contributed by atoms with Crippen molar-refractivity contribution in [3.63, 3.8) is 0 Å². The van der Waals surface area contributed by atoms with Gasteiger partial charge in [0.15, 0.2) is 6.04 Å². The zero-order chi connectivity index (χ0) is 14.0. The lowest BCUT2D eigenvalue weighted by Gasteiger charge is -2.24. The SMILES string of the molecule is CC1=N[C@H](C(=O)OC(C)(C)C)[C@@H](c2ccccc2)C1. The van der Waals surface area contributed by atoms with Gasteiger partial charge in [0.25, 0.3) is 0 Å². The van der Waals surface area contributed by atoms with Gasteiger partial charge in [-0.1, -0.05) is 30.3 Å². The standard InChI is InChI=1S/C16H21NO2/c1-11-10-13(12-8-6-5-7-9-12)14(17-11)15(18)19-16(2,3)4/h5-9,13-14H,10H2,1-4H3/t13-,14+/m1/s1. The molecule has 0 fully saturated rings. The number of rotatable bonds is 2. The van der Waals surface area contributed by atoms with Gasteiger partial charge >= 0.3 is 5.97 Å². The Kier molecular flexibility index (Phi) is 3.74. The Bertz CT molecular complexity index is 485. The molecule has 2 rings (SSSR count). The highest BCUT2D eigenvalue weighted by atomic mass is 16.6. The van der Waals surface area contributed by atoms with Crippen molar-refractivity contribution >= 4 is 11.7 Å². The van der Waals surface area contributed by atoms with Crippen LogP contribution in [-0.4, -0.2) is 23.3 Å². The summed E-state index contributed by atoms with van der Waals surface area (Å²) in [6, 6.07) is 9.67. The Morgan fingerprint density at radius 2 is 1.89 bits per heavy atom. The highest BCUT2D eigenvalue weighted by Crippen LogP contribution is 2.33. The molecule has 102 valence electrons. The van der Waals surface area contributed by atoms with Gasteiger partial charge in [-0.2, -0.15) is 0 Å². The molecule has 3 nitrogen and oxygen atoms in total. The average molecular weight is 259 g/mol. The molecule has 0 aromatic heterocycles. The summed E-state index contributed by atoms with van der Waals surface area (Å²) >= 11 is 0. The van der Waals surface area contributed by atoms with Crippen LogP contribution in [0.3, 0.4) is 0 Å². The fourth-order valence-corrected chi connectivity index (χ4v) is 2.39. The number of carbonyl (C=O) groups is 1. The molecule has 0 N–H and O–H groups in total. The lowest BCUT2D eigenvalue weighted by Crippen LogP contribution is -2.32. The van der Waals surface area contributed by atoms with Gasteiger partial charge < -0.3 is 4.74 Å². The van der Waals surface area contributed by atoms with Crippen molar-refractivity contribution in [3.05, 3.63) is 35.9 Å². The molecule has 0 aliphatic carbocycles. The van der Waals surface area contributed by atoms with Crippen LogP contribution in [0, 0.1) is 0 Å². The van der Waals surface area contributed by atoms with Gasteiger partial charge in [0.1, 0.15) is 5.60 Å². The summed E-state index contributed by atoms with van der Waals surface area (Å²) in [6.45, 7) is 7.62. The maximum Gasteiger partial charge on any atom is 0.332 e. The summed E-state index contributed by atoms with van der Waals surface area (Å²) in [6.07, 6.45) is 0.827. The first kappa shape index (κ1) is 13.8. The van der Waals surface area contributed by atoms with E-state index in [1.165, 1.54) is 0 Å². The van der Waals surface area contributed by atoms with E-state index in [0.29, 0.717) is 0 Å². The Balaban J connectivity index is 2.20. The quantitative estimate of drug-likeness (QED) is 0.764. The Labute approximate surface area is 114 Å². The third kappa shape index (κ3) is 3.43. The van der Waals surface area contributed by atoms with Gasteiger partial charge in [-0.3, -0.25) is 4.99 Å². The summed E-state index contributed by atoms with van der Waals surface area (Å²) in [5.41, 5.74) is 1.70. The molecule has 1 heterocycles. The minimum absolute atomic E-state index is 0.107. The molecule has 1 aliphatic rings. The van der Waals surface area contributed by atoms with E-state index in [1.54, 1.807) is 0 Å². The first-order chi connectivity index (χ1) is 8.87. The number of benzene rings is 1. The van der Waals surface area contributed by atoms with Crippen LogP contribution >= 0.6 is 0 Å². The second-order valence-electron chi connectivity index (χ2n) is 6.06. The molecule has 1 aromatic rings. The minimum atomic E-state index is -0.468. The molecule has 0 amide bonds. The largest absolute Gasteiger partial charge is 0.458 e. The Morgan fingerprint density at radius 3 is 2.47 bits per heavy atom. The predicted octanol–water partition coefficient (Wildman–Crippen LogP) is 3.35. The maximum absolute atomic E-state index is 12.3. The number of nitrogens with zero attached hydrogens (tertiary/aromatic N) is 1. The number of ether oxygens (including phenoxy) is 1. The molecule has 2 atom stereocenters. The number of hydrogen-bond acceptors (Lipinski definition) is 3. The first-order valence-corrected chi connectivity index (χ1v) is 6.68. The van der Waals surface area contributed by atoms with Crippen LogP contribution in [0.15, 0.2) is 35.3 Å². The first-order valence-electron chi connectivity index (χ1n) is 6.68. The van der Waals surface area contributed by atoms with E-state index in [-0.39, 0.29) is 11.9 Å². The van der Waals surface area contributed by atoms with E-state index in [4.69, 9.17) is 4.74 Å². The minimum Gasteiger partial charge on any atom is -0.458 e. The molecule has 0 saturated carbocycles. The van der Waals surface area contributed by atoms with Crippen LogP contribution in [0.2, 0.25) is 0 Å². The van der Waals surface area contributed by atoms with Crippen molar-refractivity contribution in [3.8, 4) is 0 Å². The summed E-state index contributed by atoms with van der Waals surface area (Å²) < 4.78 is 5.48. The van der Waals surface area contributed by atoms with E-state index in [0.717, 1.165) is 17.7 Å². The summed E-state index contributed by atoms with van der Waals surface area (Å²) in [5, 5.41) is 0. The lowest BCUT2D eigenvalue weighted by atomic mass is 9.90. The fraction of sp³-hybridized carbons (Fsp3) is 0.500. The van der Waals surface area contributed by atoms with Crippen LogP contribution in [0.1, 0.15) is 45.6 Å². The molecule has 1 aliphatic heterocycles. The lowest BCUT2D eigenvalue weighted by molar-refractivity contribution is -0.156. The number of carbonyl (C=O) groups excluding carboxylic acids is 1. The second kappa shape index (κ2) is 5.16. The molecule has 0 radical (unpaired) electrons. The zero-order valence-electron chi connectivity index (χ0n) is 12.0. The molecule has 0 saturated heterocycles. The molecule has 19 heavy (non-hydrogen) atoms. The summed E-state index contributed by atoms with van der Waals surface area (Å²) in [4.78, 5) is 16.7. The van der Waals surface area contributed by atoms with Crippen LogP contribution in [0.4, 0.5) is 0 Å². The highest BCUT2D eigenvalue weighted by Gasteiger charge is 2.36. The number of esters is 1. The smallest absolute Gasteiger partial charge is 0.332 e. The molecular weight excluding hydrogens is 238 g/mol. The fourth-order valence-electron chi connectivity index (χ4n) is 2.39. The molecule has 0 bridgehead atoms. The normalized spacial score (nSPS) is 23.1. The molecule has 1 aromatic carbocycles. The maximum atomic E-state index is 12.3. The van der Waals surface area contributed by atoms with Crippen LogP contribution in [0.5, 0.6) is 0 Å². The third-order valence-corrected chi connectivity index (χ3v) is 3.13. The van der Waals surface area contributed by atoms with Gasteiger partial charge in [0.2, 0.25) is 0 Å². The Hall–Kier alpha value is -1.64. The van der Waals surface area contributed by atoms with E-state index < -0.39 is 11.6 Å². The number of aliphatic imine (C=N–C) groups is 1. The molecule has 0 unspecified atom stereocenters.